The van der Waals surface area contributed by atoms with Crippen molar-refractivity contribution in [1.29, 1.82) is 0 Å². The maximum Gasteiger partial charge on any atom is 0.416 e. The summed E-state index contributed by atoms with van der Waals surface area (Å²) in [6, 6.07) is 12.1. The van der Waals surface area contributed by atoms with E-state index in [-0.39, 0.29) is 0 Å². The lowest BCUT2D eigenvalue weighted by atomic mass is 9.64. The first-order valence-corrected chi connectivity index (χ1v) is 10.3. The molecule has 0 aliphatic heterocycles. The molecular formula is C24H27F3. The van der Waals surface area contributed by atoms with Crippen LogP contribution < -0.4 is 0 Å². The molecule has 1 saturated carbocycles. The molecule has 0 aromatic heterocycles. The van der Waals surface area contributed by atoms with E-state index in [0.29, 0.717) is 5.92 Å². The summed E-state index contributed by atoms with van der Waals surface area (Å²) in [5.74, 6) is 2.41. The zero-order valence-corrected chi connectivity index (χ0v) is 15.9. The van der Waals surface area contributed by atoms with Crippen molar-refractivity contribution in [3.63, 3.8) is 0 Å². The van der Waals surface area contributed by atoms with Crippen molar-refractivity contribution in [2.24, 2.45) is 11.8 Å². The molecule has 144 valence electrons. The first-order valence-electron chi connectivity index (χ1n) is 10.3. The first kappa shape index (κ1) is 18.6. The van der Waals surface area contributed by atoms with E-state index in [1.807, 2.05) is 0 Å². The number of hydrogen-bond donors (Lipinski definition) is 0. The molecule has 27 heavy (non-hydrogen) atoms. The maximum atomic E-state index is 12.8. The van der Waals surface area contributed by atoms with Gasteiger partial charge in [-0.1, -0.05) is 50.1 Å². The molecule has 4 rings (SSSR count). The predicted molar refractivity (Wildman–Crippen MR) is 104 cm³/mol. The Morgan fingerprint density at radius 2 is 1.67 bits per heavy atom. The third-order valence-electron chi connectivity index (χ3n) is 6.66. The molecule has 1 fully saturated rings. The minimum Gasteiger partial charge on any atom is -0.166 e. The van der Waals surface area contributed by atoms with Gasteiger partial charge in [-0.15, -0.1) is 0 Å². The molecule has 0 nitrogen and oxygen atoms in total. The second-order valence-electron chi connectivity index (χ2n) is 8.36. The van der Waals surface area contributed by atoms with Gasteiger partial charge in [-0.05, 0) is 84.2 Å². The normalized spacial score (nSPS) is 25.0. The summed E-state index contributed by atoms with van der Waals surface area (Å²) in [6.07, 6.45) is 4.74. The number of rotatable bonds is 3. The lowest BCUT2D eigenvalue weighted by Gasteiger charge is -2.40. The first-order chi connectivity index (χ1) is 13.0. The lowest BCUT2D eigenvalue weighted by molar-refractivity contribution is -0.137. The van der Waals surface area contributed by atoms with Gasteiger partial charge in [0, 0.05) is 0 Å². The summed E-state index contributed by atoms with van der Waals surface area (Å²) in [5, 5.41) is 0. The fourth-order valence-corrected chi connectivity index (χ4v) is 5.32. The Bertz CT molecular complexity index is 788. The SMILES string of the molecule is CCC[C@@H]1CC[C@@H]2c3ccc(-c4ccc(C(F)(F)F)cc4)cc3CC[C@@H]2C1. The molecular weight excluding hydrogens is 345 g/mol. The molecule has 0 heterocycles. The van der Waals surface area contributed by atoms with Crippen LogP contribution in [0.4, 0.5) is 13.2 Å². The van der Waals surface area contributed by atoms with Crippen molar-refractivity contribution in [2.75, 3.05) is 0 Å². The summed E-state index contributed by atoms with van der Waals surface area (Å²) < 4.78 is 38.3. The molecule has 2 aromatic carbocycles. The molecule has 3 atom stereocenters. The van der Waals surface area contributed by atoms with E-state index >= 15 is 0 Å². The summed E-state index contributed by atoms with van der Waals surface area (Å²) in [4.78, 5) is 0. The fourth-order valence-electron chi connectivity index (χ4n) is 5.32. The highest BCUT2D eigenvalue weighted by Gasteiger charge is 2.35. The summed E-state index contributed by atoms with van der Waals surface area (Å²) in [7, 11) is 0. The smallest absolute Gasteiger partial charge is 0.166 e. The van der Waals surface area contributed by atoms with Gasteiger partial charge in [-0.3, -0.25) is 0 Å². The zero-order chi connectivity index (χ0) is 19.0. The van der Waals surface area contributed by atoms with Crippen molar-refractivity contribution >= 4 is 0 Å². The highest BCUT2D eigenvalue weighted by atomic mass is 19.4. The van der Waals surface area contributed by atoms with Gasteiger partial charge in [-0.2, -0.15) is 13.2 Å². The quantitative estimate of drug-likeness (QED) is 0.520. The van der Waals surface area contributed by atoms with E-state index in [4.69, 9.17) is 0 Å². The number of halogens is 3. The van der Waals surface area contributed by atoms with Crippen LogP contribution in [0.25, 0.3) is 11.1 Å². The van der Waals surface area contributed by atoms with E-state index in [2.05, 4.69) is 25.1 Å². The van der Waals surface area contributed by atoms with Gasteiger partial charge in [0.15, 0.2) is 0 Å². The number of benzene rings is 2. The van der Waals surface area contributed by atoms with Crippen LogP contribution in [0, 0.1) is 11.8 Å². The van der Waals surface area contributed by atoms with Gasteiger partial charge >= 0.3 is 6.18 Å². The van der Waals surface area contributed by atoms with E-state index in [1.165, 1.54) is 61.8 Å². The predicted octanol–water partition coefficient (Wildman–Crippen LogP) is 7.62. The van der Waals surface area contributed by atoms with Crippen molar-refractivity contribution < 1.29 is 13.2 Å². The van der Waals surface area contributed by atoms with Crippen molar-refractivity contribution in [1.82, 2.24) is 0 Å². The van der Waals surface area contributed by atoms with E-state index < -0.39 is 11.7 Å². The largest absolute Gasteiger partial charge is 0.416 e. The number of hydrogen-bond acceptors (Lipinski definition) is 0. The Morgan fingerprint density at radius 3 is 2.37 bits per heavy atom. The van der Waals surface area contributed by atoms with Gasteiger partial charge in [0.2, 0.25) is 0 Å². The zero-order valence-electron chi connectivity index (χ0n) is 15.9. The molecule has 0 radical (unpaired) electrons. The lowest BCUT2D eigenvalue weighted by Crippen LogP contribution is -2.28. The average molecular weight is 372 g/mol. The highest BCUT2D eigenvalue weighted by molar-refractivity contribution is 5.65. The number of fused-ring (bicyclic) bond motifs is 3. The van der Waals surface area contributed by atoms with Gasteiger partial charge in [0.1, 0.15) is 0 Å². The van der Waals surface area contributed by atoms with Crippen LogP contribution in [0.5, 0.6) is 0 Å². The molecule has 3 heteroatoms. The van der Waals surface area contributed by atoms with E-state index in [0.717, 1.165) is 29.4 Å². The molecule has 2 aliphatic carbocycles. The van der Waals surface area contributed by atoms with Gasteiger partial charge in [-0.25, -0.2) is 0 Å². The summed E-state index contributed by atoms with van der Waals surface area (Å²) in [5.41, 5.74) is 4.20. The molecule has 0 amide bonds. The minimum atomic E-state index is -4.28. The number of aryl methyl sites for hydroxylation is 1. The van der Waals surface area contributed by atoms with Gasteiger partial charge in [0.25, 0.3) is 0 Å². The minimum absolute atomic E-state index is 0.587. The monoisotopic (exact) mass is 372 g/mol. The van der Waals surface area contributed by atoms with E-state index in [1.54, 1.807) is 12.1 Å². The Labute approximate surface area is 159 Å². The van der Waals surface area contributed by atoms with Crippen LogP contribution >= 0.6 is 0 Å². The van der Waals surface area contributed by atoms with E-state index in [9.17, 15) is 13.2 Å². The van der Waals surface area contributed by atoms with Crippen LogP contribution in [0.1, 0.15) is 68.1 Å². The Balaban J connectivity index is 1.55. The summed E-state index contributed by atoms with van der Waals surface area (Å²) >= 11 is 0. The highest BCUT2D eigenvalue weighted by Crippen LogP contribution is 2.48. The fraction of sp³-hybridized carbons (Fsp3) is 0.500. The van der Waals surface area contributed by atoms with Crippen LogP contribution in [0.3, 0.4) is 0 Å². The van der Waals surface area contributed by atoms with Crippen molar-refractivity contribution in [3.05, 3.63) is 59.2 Å². The Hall–Kier alpha value is -1.77. The van der Waals surface area contributed by atoms with Crippen LogP contribution in [-0.2, 0) is 12.6 Å². The second kappa shape index (κ2) is 7.33. The van der Waals surface area contributed by atoms with Crippen LogP contribution in [0.15, 0.2) is 42.5 Å². The molecule has 0 unspecified atom stereocenters. The summed E-state index contributed by atoms with van der Waals surface area (Å²) in [6.45, 7) is 2.28. The third kappa shape index (κ3) is 3.79. The van der Waals surface area contributed by atoms with Crippen LogP contribution in [0.2, 0.25) is 0 Å². The van der Waals surface area contributed by atoms with Gasteiger partial charge < -0.3 is 0 Å². The molecule has 0 bridgehead atoms. The maximum absolute atomic E-state index is 12.8. The Kier molecular flexibility index (Phi) is 5.05. The topological polar surface area (TPSA) is 0 Å². The van der Waals surface area contributed by atoms with Crippen LogP contribution in [-0.4, -0.2) is 0 Å². The van der Waals surface area contributed by atoms with Crippen molar-refractivity contribution in [2.45, 2.75) is 64.0 Å². The second-order valence-corrected chi connectivity index (χ2v) is 8.36. The molecule has 2 aliphatic rings. The van der Waals surface area contributed by atoms with Crippen molar-refractivity contribution in [3.8, 4) is 11.1 Å². The molecule has 2 aromatic rings. The molecule has 0 spiro atoms. The average Bonchev–Trinajstić information content (AvgIpc) is 2.67. The molecule has 0 N–H and O–H groups in total. The standard InChI is InChI=1S/C24H27F3/c1-2-3-16-4-12-22-19(14-16)5-6-20-15-18(9-13-23(20)22)17-7-10-21(11-8-17)24(25,26)27/h7-11,13,15-16,19,22H,2-6,12,14H2,1H3/t16-,19-,22+/m1/s1. The Morgan fingerprint density at radius 1 is 0.926 bits per heavy atom. The molecule has 0 saturated heterocycles. The van der Waals surface area contributed by atoms with Gasteiger partial charge in [0.05, 0.1) is 5.56 Å². The number of alkyl halides is 3. The third-order valence-corrected chi connectivity index (χ3v) is 6.66.